The zero-order chi connectivity index (χ0) is 12.1. The van der Waals surface area contributed by atoms with Crippen LogP contribution in [0.15, 0.2) is 12.5 Å². The van der Waals surface area contributed by atoms with E-state index in [1.165, 1.54) is 18.3 Å². The summed E-state index contributed by atoms with van der Waals surface area (Å²) in [6.07, 6.45) is 3.13. The number of aromatic nitrogens is 2. The molecule has 1 aromatic rings. The Morgan fingerprint density at radius 3 is 2.75 bits per heavy atom. The maximum Gasteiger partial charge on any atom is 0.325 e. The number of rotatable bonds is 4. The fourth-order valence-electron chi connectivity index (χ4n) is 1.19. The van der Waals surface area contributed by atoms with E-state index in [4.69, 9.17) is 4.74 Å². The van der Waals surface area contributed by atoms with Crippen molar-refractivity contribution in [3.63, 3.8) is 0 Å². The van der Waals surface area contributed by atoms with Crippen LogP contribution in [-0.4, -0.2) is 46.5 Å². The van der Waals surface area contributed by atoms with Crippen molar-refractivity contribution in [1.82, 2.24) is 14.5 Å². The molecule has 16 heavy (non-hydrogen) atoms. The number of likely N-dealkylation sites (N-methyl/N-ethyl adjacent to an activating group) is 1. The van der Waals surface area contributed by atoms with Crippen molar-refractivity contribution in [3.05, 3.63) is 18.2 Å². The van der Waals surface area contributed by atoms with Crippen LogP contribution in [0.1, 0.15) is 17.4 Å². The van der Waals surface area contributed by atoms with E-state index in [0.717, 1.165) is 0 Å². The highest BCUT2D eigenvalue weighted by atomic mass is 16.5. The molecule has 0 aliphatic heterocycles. The topological polar surface area (TPSA) is 64.4 Å². The molecule has 0 saturated carbocycles. The molecule has 0 bridgehead atoms. The van der Waals surface area contributed by atoms with Gasteiger partial charge in [0.25, 0.3) is 5.91 Å². The van der Waals surface area contributed by atoms with Crippen molar-refractivity contribution < 1.29 is 14.3 Å². The third kappa shape index (κ3) is 3.08. The highest BCUT2D eigenvalue weighted by molar-refractivity contribution is 5.93. The second-order valence-electron chi connectivity index (χ2n) is 3.39. The fourth-order valence-corrected chi connectivity index (χ4v) is 1.19. The minimum atomic E-state index is -0.422. The molecule has 1 heterocycles. The predicted octanol–water partition coefficient (Wildman–Crippen LogP) is 0.0552. The Hall–Kier alpha value is -1.85. The molecule has 0 radical (unpaired) electrons. The van der Waals surface area contributed by atoms with E-state index in [0.29, 0.717) is 12.3 Å². The largest absolute Gasteiger partial charge is 0.465 e. The van der Waals surface area contributed by atoms with Crippen molar-refractivity contribution in [2.24, 2.45) is 7.05 Å². The maximum absolute atomic E-state index is 11.7. The quantitative estimate of drug-likeness (QED) is 0.679. The average molecular weight is 225 g/mol. The van der Waals surface area contributed by atoms with Gasteiger partial charge in [-0.1, -0.05) is 0 Å². The van der Waals surface area contributed by atoms with E-state index in [2.05, 4.69) is 4.98 Å². The van der Waals surface area contributed by atoms with Crippen molar-refractivity contribution in [2.45, 2.75) is 6.92 Å². The van der Waals surface area contributed by atoms with Crippen LogP contribution >= 0.6 is 0 Å². The lowest BCUT2D eigenvalue weighted by molar-refractivity contribution is -0.143. The lowest BCUT2D eigenvalue weighted by atomic mass is 10.4. The molecule has 0 unspecified atom stereocenters. The molecule has 0 aliphatic carbocycles. The molecule has 6 heteroatoms. The van der Waals surface area contributed by atoms with Crippen LogP contribution in [0.5, 0.6) is 0 Å². The summed E-state index contributed by atoms with van der Waals surface area (Å²) >= 11 is 0. The summed E-state index contributed by atoms with van der Waals surface area (Å²) in [5, 5.41) is 0. The standard InChI is InChI=1S/C10H15N3O3/c1-4-16-9(14)6-13(3)10(15)8-5-12(2)7-11-8/h5,7H,4,6H2,1-3H3. The van der Waals surface area contributed by atoms with Crippen LogP contribution in [0.3, 0.4) is 0 Å². The molecule has 1 aromatic heterocycles. The number of aryl methyl sites for hydroxylation is 1. The van der Waals surface area contributed by atoms with Gasteiger partial charge in [0.15, 0.2) is 0 Å². The SMILES string of the molecule is CCOC(=O)CN(C)C(=O)c1cn(C)cn1. The summed E-state index contributed by atoms with van der Waals surface area (Å²) in [7, 11) is 3.31. The second-order valence-corrected chi connectivity index (χ2v) is 3.39. The number of nitrogens with zero attached hydrogens (tertiary/aromatic N) is 3. The molecule has 88 valence electrons. The molecule has 0 aliphatic rings. The van der Waals surface area contributed by atoms with Crippen LogP contribution in [-0.2, 0) is 16.6 Å². The number of carbonyl (C=O) groups excluding carboxylic acids is 2. The van der Waals surface area contributed by atoms with Crippen LogP contribution in [0, 0.1) is 0 Å². The molecule has 0 spiro atoms. The van der Waals surface area contributed by atoms with Crippen molar-refractivity contribution in [1.29, 1.82) is 0 Å². The zero-order valence-corrected chi connectivity index (χ0v) is 9.64. The van der Waals surface area contributed by atoms with Gasteiger partial charge in [0.1, 0.15) is 12.2 Å². The van der Waals surface area contributed by atoms with Gasteiger partial charge in [0.2, 0.25) is 0 Å². The third-order valence-corrected chi connectivity index (χ3v) is 1.94. The molecular weight excluding hydrogens is 210 g/mol. The monoisotopic (exact) mass is 225 g/mol. The number of hydrogen-bond donors (Lipinski definition) is 0. The van der Waals surface area contributed by atoms with E-state index < -0.39 is 5.97 Å². The molecule has 0 atom stereocenters. The highest BCUT2D eigenvalue weighted by Gasteiger charge is 2.17. The van der Waals surface area contributed by atoms with Crippen LogP contribution in [0.25, 0.3) is 0 Å². The summed E-state index contributed by atoms with van der Waals surface area (Å²) in [4.78, 5) is 28.1. The zero-order valence-electron chi connectivity index (χ0n) is 9.64. The Balaban J connectivity index is 2.57. The molecule has 0 aromatic carbocycles. The van der Waals surface area contributed by atoms with Gasteiger partial charge in [-0.2, -0.15) is 0 Å². The number of carbonyl (C=O) groups is 2. The number of amides is 1. The first-order chi connectivity index (χ1) is 7.54. The Morgan fingerprint density at radius 2 is 2.25 bits per heavy atom. The first kappa shape index (κ1) is 12.2. The summed E-state index contributed by atoms with van der Waals surface area (Å²) in [5.74, 6) is -0.720. The first-order valence-corrected chi connectivity index (χ1v) is 4.93. The summed E-state index contributed by atoms with van der Waals surface area (Å²) in [5.41, 5.74) is 0.314. The van der Waals surface area contributed by atoms with Crippen LogP contribution in [0.4, 0.5) is 0 Å². The Kier molecular flexibility index (Phi) is 4.04. The van der Waals surface area contributed by atoms with E-state index in [1.807, 2.05) is 0 Å². The van der Waals surface area contributed by atoms with Gasteiger partial charge >= 0.3 is 5.97 Å². The van der Waals surface area contributed by atoms with Crippen LogP contribution in [0.2, 0.25) is 0 Å². The smallest absolute Gasteiger partial charge is 0.325 e. The van der Waals surface area contributed by atoms with Gasteiger partial charge in [-0.25, -0.2) is 4.98 Å². The van der Waals surface area contributed by atoms with E-state index in [1.54, 1.807) is 24.7 Å². The molecule has 1 rings (SSSR count). The fraction of sp³-hybridized carbons (Fsp3) is 0.500. The van der Waals surface area contributed by atoms with E-state index >= 15 is 0 Å². The molecule has 1 amide bonds. The number of hydrogen-bond acceptors (Lipinski definition) is 4. The van der Waals surface area contributed by atoms with Gasteiger partial charge in [-0.05, 0) is 6.92 Å². The van der Waals surface area contributed by atoms with Crippen molar-refractivity contribution in [2.75, 3.05) is 20.2 Å². The Labute approximate surface area is 93.8 Å². The van der Waals surface area contributed by atoms with Gasteiger partial charge in [-0.15, -0.1) is 0 Å². The first-order valence-electron chi connectivity index (χ1n) is 4.93. The molecule has 0 saturated heterocycles. The minimum absolute atomic E-state index is 0.0662. The molecule has 0 fully saturated rings. The second kappa shape index (κ2) is 5.29. The van der Waals surface area contributed by atoms with Gasteiger partial charge in [0.05, 0.1) is 12.9 Å². The lowest BCUT2D eigenvalue weighted by Crippen LogP contribution is -2.33. The number of ether oxygens (including phenoxy) is 1. The van der Waals surface area contributed by atoms with E-state index in [-0.39, 0.29) is 12.5 Å². The summed E-state index contributed by atoms with van der Waals surface area (Å²) in [6, 6.07) is 0. The number of imidazole rings is 1. The van der Waals surface area contributed by atoms with Crippen molar-refractivity contribution >= 4 is 11.9 Å². The molecule has 6 nitrogen and oxygen atoms in total. The third-order valence-electron chi connectivity index (χ3n) is 1.94. The average Bonchev–Trinajstić information content (AvgIpc) is 2.64. The molecular formula is C10H15N3O3. The normalized spacial score (nSPS) is 9.94. The van der Waals surface area contributed by atoms with Gasteiger partial charge in [-0.3, -0.25) is 9.59 Å². The van der Waals surface area contributed by atoms with Gasteiger partial charge in [0, 0.05) is 20.3 Å². The van der Waals surface area contributed by atoms with Crippen molar-refractivity contribution in [3.8, 4) is 0 Å². The van der Waals surface area contributed by atoms with E-state index in [9.17, 15) is 9.59 Å². The summed E-state index contributed by atoms with van der Waals surface area (Å²) in [6.45, 7) is 1.96. The Bertz CT molecular complexity index is 386. The summed E-state index contributed by atoms with van der Waals surface area (Å²) < 4.78 is 6.42. The highest BCUT2D eigenvalue weighted by Crippen LogP contribution is 1.99. The minimum Gasteiger partial charge on any atom is -0.465 e. The van der Waals surface area contributed by atoms with Gasteiger partial charge < -0.3 is 14.2 Å². The lowest BCUT2D eigenvalue weighted by Gasteiger charge is -2.14. The van der Waals surface area contributed by atoms with Crippen LogP contribution < -0.4 is 0 Å². The Morgan fingerprint density at radius 1 is 1.56 bits per heavy atom. The maximum atomic E-state index is 11.7. The number of esters is 1. The predicted molar refractivity (Wildman–Crippen MR) is 56.8 cm³/mol. The molecule has 0 N–H and O–H groups in total.